The van der Waals surface area contributed by atoms with Gasteiger partial charge < -0.3 is 14.8 Å². The van der Waals surface area contributed by atoms with Crippen molar-refractivity contribution in [3.8, 4) is 17.2 Å². The van der Waals surface area contributed by atoms with Gasteiger partial charge in [-0.25, -0.2) is 0 Å². The van der Waals surface area contributed by atoms with Crippen molar-refractivity contribution in [1.82, 2.24) is 20.1 Å². The van der Waals surface area contributed by atoms with Crippen molar-refractivity contribution in [2.75, 3.05) is 12.5 Å². The minimum Gasteiger partial charge on any atom is -0.454 e. The number of rotatable bonds is 8. The highest BCUT2D eigenvalue weighted by atomic mass is 32.2. The maximum Gasteiger partial charge on any atom is 0.231 e. The molecule has 7 nitrogen and oxygen atoms in total. The number of hydrogen-bond donors (Lipinski definition) is 1. The van der Waals surface area contributed by atoms with E-state index in [1.54, 1.807) is 0 Å². The summed E-state index contributed by atoms with van der Waals surface area (Å²) in [5.74, 6) is 2.43. The lowest BCUT2D eigenvalue weighted by atomic mass is 10.1. The van der Waals surface area contributed by atoms with E-state index in [4.69, 9.17) is 9.47 Å². The smallest absolute Gasteiger partial charge is 0.231 e. The number of ether oxygens (including phenoxy) is 2. The predicted octanol–water partition coefficient (Wildman–Crippen LogP) is 4.30. The summed E-state index contributed by atoms with van der Waals surface area (Å²) in [6, 6.07) is 24.1. The number of benzene rings is 3. The molecule has 1 amide bonds. The molecule has 1 N–H and O–H groups in total. The van der Waals surface area contributed by atoms with Gasteiger partial charge in [0, 0.05) is 18.7 Å². The van der Waals surface area contributed by atoms with E-state index >= 15 is 0 Å². The number of fused-ring (bicyclic) bond motifs is 1. The van der Waals surface area contributed by atoms with Crippen LogP contribution in [0.5, 0.6) is 11.5 Å². The highest BCUT2D eigenvalue weighted by Crippen LogP contribution is 2.32. The van der Waals surface area contributed by atoms with E-state index in [0.29, 0.717) is 23.9 Å². The molecule has 3 aromatic carbocycles. The largest absolute Gasteiger partial charge is 0.454 e. The van der Waals surface area contributed by atoms with E-state index in [1.807, 2.05) is 53.1 Å². The molecule has 2 heterocycles. The average Bonchev–Trinajstić information content (AvgIpc) is 3.48. The number of thioether (sulfide) groups is 1. The first-order valence-corrected chi connectivity index (χ1v) is 12.0. The Labute approximate surface area is 202 Å². The van der Waals surface area contributed by atoms with Crippen molar-refractivity contribution in [3.63, 3.8) is 0 Å². The SMILES string of the molecule is Cc1cccc(-n2c(Cc3ccccc3)nnc2SCC(=O)NCc2ccc3c(c2)OCO3)c1. The summed E-state index contributed by atoms with van der Waals surface area (Å²) >= 11 is 1.38. The zero-order chi connectivity index (χ0) is 23.3. The van der Waals surface area contributed by atoms with Crippen molar-refractivity contribution in [2.45, 2.75) is 25.0 Å². The molecule has 0 spiro atoms. The highest BCUT2D eigenvalue weighted by Gasteiger charge is 2.17. The Morgan fingerprint density at radius 2 is 1.82 bits per heavy atom. The van der Waals surface area contributed by atoms with E-state index < -0.39 is 0 Å². The quantitative estimate of drug-likeness (QED) is 0.385. The second-order valence-electron chi connectivity index (χ2n) is 7.99. The van der Waals surface area contributed by atoms with E-state index in [-0.39, 0.29) is 18.5 Å². The molecule has 4 aromatic rings. The summed E-state index contributed by atoms with van der Waals surface area (Å²) in [5.41, 5.74) is 4.24. The van der Waals surface area contributed by atoms with Crippen LogP contribution in [0.3, 0.4) is 0 Å². The number of carbonyl (C=O) groups is 1. The molecule has 0 atom stereocenters. The van der Waals surface area contributed by atoms with Gasteiger partial charge >= 0.3 is 0 Å². The fourth-order valence-corrected chi connectivity index (χ4v) is 4.55. The second kappa shape index (κ2) is 10.0. The van der Waals surface area contributed by atoms with Crippen LogP contribution in [-0.2, 0) is 17.8 Å². The molecule has 172 valence electrons. The minimum atomic E-state index is -0.0777. The van der Waals surface area contributed by atoms with Gasteiger partial charge in [-0.2, -0.15) is 0 Å². The number of amides is 1. The third-order valence-electron chi connectivity index (χ3n) is 5.42. The lowest BCUT2D eigenvalue weighted by Gasteiger charge is -2.11. The van der Waals surface area contributed by atoms with Gasteiger partial charge in [0.05, 0.1) is 5.75 Å². The molecule has 8 heteroatoms. The van der Waals surface area contributed by atoms with Crippen LogP contribution in [0, 0.1) is 6.92 Å². The van der Waals surface area contributed by atoms with Gasteiger partial charge in [0.15, 0.2) is 16.7 Å². The molecule has 0 fully saturated rings. The molecule has 0 unspecified atom stereocenters. The molecular weight excluding hydrogens is 448 g/mol. The molecule has 1 aromatic heterocycles. The van der Waals surface area contributed by atoms with E-state index in [1.165, 1.54) is 11.8 Å². The Hall–Kier alpha value is -3.78. The van der Waals surface area contributed by atoms with Crippen molar-refractivity contribution in [2.24, 2.45) is 0 Å². The monoisotopic (exact) mass is 472 g/mol. The van der Waals surface area contributed by atoms with Crippen LogP contribution in [0.1, 0.15) is 22.5 Å². The third kappa shape index (κ3) is 5.07. The third-order valence-corrected chi connectivity index (χ3v) is 6.35. The summed E-state index contributed by atoms with van der Waals surface area (Å²) < 4.78 is 12.8. The van der Waals surface area contributed by atoms with Crippen LogP contribution < -0.4 is 14.8 Å². The van der Waals surface area contributed by atoms with Crippen LogP contribution in [0.15, 0.2) is 78.0 Å². The lowest BCUT2D eigenvalue weighted by Crippen LogP contribution is -2.24. The summed E-state index contributed by atoms with van der Waals surface area (Å²) in [7, 11) is 0. The van der Waals surface area contributed by atoms with Gasteiger partial charge in [-0.3, -0.25) is 9.36 Å². The Bertz CT molecular complexity index is 1310. The summed E-state index contributed by atoms with van der Waals surface area (Å²) in [6.07, 6.45) is 0.651. The zero-order valence-corrected chi connectivity index (χ0v) is 19.5. The molecule has 0 saturated heterocycles. The number of nitrogens with one attached hydrogen (secondary N) is 1. The molecular formula is C26H24N4O3S. The molecule has 1 aliphatic rings. The van der Waals surface area contributed by atoms with Crippen LogP contribution in [0.2, 0.25) is 0 Å². The maximum atomic E-state index is 12.6. The molecule has 0 bridgehead atoms. The van der Waals surface area contributed by atoms with Gasteiger partial charge in [-0.15, -0.1) is 10.2 Å². The van der Waals surface area contributed by atoms with Crippen LogP contribution in [0.25, 0.3) is 5.69 Å². The molecule has 34 heavy (non-hydrogen) atoms. The molecule has 5 rings (SSSR count). The second-order valence-corrected chi connectivity index (χ2v) is 8.93. The van der Waals surface area contributed by atoms with Crippen LogP contribution in [0.4, 0.5) is 0 Å². The van der Waals surface area contributed by atoms with Crippen molar-refractivity contribution < 1.29 is 14.3 Å². The molecule has 0 aliphatic carbocycles. The Morgan fingerprint density at radius 1 is 0.971 bits per heavy atom. The Balaban J connectivity index is 1.28. The first kappa shape index (κ1) is 22.0. The van der Waals surface area contributed by atoms with E-state index in [2.05, 4.69) is 46.7 Å². The number of aromatic nitrogens is 3. The first-order valence-electron chi connectivity index (χ1n) is 11.0. The van der Waals surface area contributed by atoms with Gasteiger partial charge in [-0.05, 0) is 47.9 Å². The number of nitrogens with zero attached hydrogens (tertiary/aromatic N) is 3. The first-order chi connectivity index (χ1) is 16.7. The minimum absolute atomic E-state index is 0.0777. The molecule has 0 saturated carbocycles. The number of hydrogen-bond acceptors (Lipinski definition) is 6. The van der Waals surface area contributed by atoms with Crippen molar-refractivity contribution in [1.29, 1.82) is 0 Å². The Kier molecular flexibility index (Phi) is 6.49. The topological polar surface area (TPSA) is 78.3 Å². The normalized spacial score (nSPS) is 12.0. The molecule has 1 aliphatic heterocycles. The molecule has 0 radical (unpaired) electrons. The average molecular weight is 473 g/mol. The zero-order valence-electron chi connectivity index (χ0n) is 18.7. The van der Waals surface area contributed by atoms with Gasteiger partial charge in [0.25, 0.3) is 0 Å². The van der Waals surface area contributed by atoms with E-state index in [9.17, 15) is 4.79 Å². The predicted molar refractivity (Wildman–Crippen MR) is 130 cm³/mol. The fraction of sp³-hybridized carbons (Fsp3) is 0.192. The van der Waals surface area contributed by atoms with E-state index in [0.717, 1.165) is 34.0 Å². The fourth-order valence-electron chi connectivity index (χ4n) is 3.75. The van der Waals surface area contributed by atoms with Gasteiger partial charge in [0.2, 0.25) is 12.7 Å². The van der Waals surface area contributed by atoms with Gasteiger partial charge in [-0.1, -0.05) is 60.3 Å². The number of carbonyl (C=O) groups excluding carboxylic acids is 1. The lowest BCUT2D eigenvalue weighted by molar-refractivity contribution is -0.118. The van der Waals surface area contributed by atoms with Crippen molar-refractivity contribution in [3.05, 3.63) is 95.3 Å². The van der Waals surface area contributed by atoms with Crippen LogP contribution in [-0.4, -0.2) is 33.2 Å². The van der Waals surface area contributed by atoms with Crippen LogP contribution >= 0.6 is 11.8 Å². The van der Waals surface area contributed by atoms with Gasteiger partial charge in [0.1, 0.15) is 5.82 Å². The highest BCUT2D eigenvalue weighted by molar-refractivity contribution is 7.99. The Morgan fingerprint density at radius 3 is 2.68 bits per heavy atom. The number of aryl methyl sites for hydroxylation is 1. The van der Waals surface area contributed by atoms with Crippen molar-refractivity contribution >= 4 is 17.7 Å². The summed E-state index contributed by atoms with van der Waals surface area (Å²) in [6.45, 7) is 2.71. The standard InChI is InChI=1S/C26H24N4O3S/c1-18-6-5-9-21(12-18)30-24(14-19-7-3-2-4-8-19)28-29-26(30)34-16-25(31)27-15-20-10-11-22-23(13-20)33-17-32-22/h2-13H,14-17H2,1H3,(H,27,31). The summed E-state index contributed by atoms with van der Waals surface area (Å²) in [5, 5.41) is 12.5. The summed E-state index contributed by atoms with van der Waals surface area (Å²) in [4.78, 5) is 12.6. The maximum absolute atomic E-state index is 12.6.